The molecule has 0 saturated heterocycles. The lowest BCUT2D eigenvalue weighted by atomic mass is 9.94. The van der Waals surface area contributed by atoms with Gasteiger partial charge in [0, 0.05) is 29.9 Å². The molecule has 4 aromatic rings. The van der Waals surface area contributed by atoms with Crippen LogP contribution in [-0.4, -0.2) is 25.9 Å². The Labute approximate surface area is 191 Å². The van der Waals surface area contributed by atoms with Crippen molar-refractivity contribution in [2.24, 2.45) is 0 Å². The lowest BCUT2D eigenvalue weighted by Crippen LogP contribution is -2.23. The van der Waals surface area contributed by atoms with Gasteiger partial charge in [0.25, 0.3) is 5.56 Å². The summed E-state index contributed by atoms with van der Waals surface area (Å²) in [7, 11) is 0. The molecule has 33 heavy (non-hydrogen) atoms. The second-order valence-electron chi connectivity index (χ2n) is 9.34. The van der Waals surface area contributed by atoms with Crippen molar-refractivity contribution in [3.05, 3.63) is 76.4 Å². The highest BCUT2D eigenvalue weighted by Crippen LogP contribution is 2.28. The largest absolute Gasteiger partial charge is 0.443 e. The molecule has 0 bridgehead atoms. The molecule has 0 spiro atoms. The molecule has 8 heteroatoms. The maximum Gasteiger partial charge on any atom is 0.278 e. The summed E-state index contributed by atoms with van der Waals surface area (Å²) in [6.07, 6.45) is 4.24. The van der Waals surface area contributed by atoms with Gasteiger partial charge < -0.3 is 15.1 Å². The fourth-order valence-electron chi connectivity index (χ4n) is 4.13. The Balaban J connectivity index is 1.59. The first-order valence-electron chi connectivity index (χ1n) is 11.1. The first kappa shape index (κ1) is 21.2. The summed E-state index contributed by atoms with van der Waals surface area (Å²) >= 11 is 0. The minimum atomic E-state index is -0.188. The number of hydrogen-bond donors (Lipinski definition) is 2. The third-order valence-corrected chi connectivity index (χ3v) is 5.87. The molecule has 0 atom stereocenters. The monoisotopic (exact) mass is 444 g/mol. The molecule has 1 aliphatic rings. The number of fused-ring (bicyclic) bond motifs is 2. The molecule has 0 radical (unpaired) electrons. The van der Waals surface area contributed by atoms with Crippen LogP contribution in [0.4, 0.5) is 11.6 Å². The van der Waals surface area contributed by atoms with Gasteiger partial charge in [0.1, 0.15) is 11.1 Å². The van der Waals surface area contributed by atoms with E-state index < -0.39 is 0 Å². The van der Waals surface area contributed by atoms with Crippen molar-refractivity contribution >= 4 is 22.7 Å². The Morgan fingerprint density at radius 3 is 2.85 bits per heavy atom. The van der Waals surface area contributed by atoms with Gasteiger partial charge in [-0.2, -0.15) is 9.67 Å². The molecule has 0 aliphatic carbocycles. The molecular formula is C25H28N6O2. The predicted molar refractivity (Wildman–Crippen MR) is 129 cm³/mol. The minimum absolute atomic E-state index is 0.158. The van der Waals surface area contributed by atoms with Crippen LogP contribution in [-0.2, 0) is 24.9 Å². The summed E-state index contributed by atoms with van der Waals surface area (Å²) in [5.74, 6) is 1.77. The number of allylic oxidation sites excluding steroid dienone is 1. The molecule has 8 nitrogen and oxygen atoms in total. The van der Waals surface area contributed by atoms with E-state index in [0.717, 1.165) is 31.0 Å². The van der Waals surface area contributed by atoms with Crippen molar-refractivity contribution in [1.29, 1.82) is 0 Å². The van der Waals surface area contributed by atoms with Crippen molar-refractivity contribution < 1.29 is 4.42 Å². The van der Waals surface area contributed by atoms with Crippen molar-refractivity contribution in [2.45, 2.75) is 45.7 Å². The second-order valence-corrected chi connectivity index (χ2v) is 9.34. The first-order valence-corrected chi connectivity index (χ1v) is 11.1. The molecule has 0 unspecified atom stereocenters. The SMILES string of the molecule is C=CCn1c(=O)c2cnc(Nc3ccc4c(c3)CCNC4)nc2n1-c1ccc(C(C)(C)C)o1. The number of nitrogens with one attached hydrogen (secondary N) is 2. The number of hydrogen-bond acceptors (Lipinski definition) is 6. The maximum absolute atomic E-state index is 13.1. The minimum Gasteiger partial charge on any atom is -0.443 e. The molecular weight excluding hydrogens is 416 g/mol. The van der Waals surface area contributed by atoms with Gasteiger partial charge in [-0.05, 0) is 42.3 Å². The van der Waals surface area contributed by atoms with E-state index in [4.69, 9.17) is 9.40 Å². The molecule has 3 aromatic heterocycles. The summed E-state index contributed by atoms with van der Waals surface area (Å²) in [5, 5.41) is 7.11. The number of anilines is 2. The van der Waals surface area contributed by atoms with Crippen molar-refractivity contribution in [3.63, 3.8) is 0 Å². The summed E-state index contributed by atoms with van der Waals surface area (Å²) < 4.78 is 9.42. The molecule has 0 amide bonds. The summed E-state index contributed by atoms with van der Waals surface area (Å²) in [6, 6.07) is 10.1. The Hall–Kier alpha value is -3.65. The third-order valence-electron chi connectivity index (χ3n) is 5.87. The van der Waals surface area contributed by atoms with E-state index >= 15 is 0 Å². The van der Waals surface area contributed by atoms with Gasteiger partial charge in [-0.1, -0.05) is 32.9 Å². The van der Waals surface area contributed by atoms with Crippen molar-refractivity contribution in [2.75, 3.05) is 11.9 Å². The summed E-state index contributed by atoms with van der Waals surface area (Å²) in [5.41, 5.74) is 3.68. The van der Waals surface area contributed by atoms with Crippen LogP contribution < -0.4 is 16.2 Å². The third kappa shape index (κ3) is 3.87. The van der Waals surface area contributed by atoms with E-state index in [2.05, 4.69) is 55.1 Å². The van der Waals surface area contributed by atoms with Gasteiger partial charge in [0.15, 0.2) is 5.65 Å². The van der Waals surface area contributed by atoms with Crippen LogP contribution in [0.3, 0.4) is 0 Å². The first-order chi connectivity index (χ1) is 15.8. The number of benzene rings is 1. The fraction of sp³-hybridized carbons (Fsp3) is 0.320. The Morgan fingerprint density at radius 2 is 2.09 bits per heavy atom. The average Bonchev–Trinajstić information content (AvgIpc) is 3.38. The highest BCUT2D eigenvalue weighted by molar-refractivity contribution is 5.77. The quantitative estimate of drug-likeness (QED) is 0.452. The number of rotatable bonds is 5. The Kier molecular flexibility index (Phi) is 5.17. The van der Waals surface area contributed by atoms with Crippen LogP contribution in [0.25, 0.3) is 16.9 Å². The van der Waals surface area contributed by atoms with Crippen LogP contribution in [0.1, 0.15) is 37.7 Å². The molecule has 5 rings (SSSR count). The molecule has 1 aromatic carbocycles. The number of furan rings is 1. The normalized spacial score (nSPS) is 13.8. The lowest BCUT2D eigenvalue weighted by Gasteiger charge is -2.18. The van der Waals surface area contributed by atoms with Crippen LogP contribution in [0.15, 0.2) is 58.4 Å². The molecule has 170 valence electrons. The van der Waals surface area contributed by atoms with Gasteiger partial charge in [0.05, 0.1) is 6.54 Å². The molecule has 2 N–H and O–H groups in total. The maximum atomic E-state index is 13.1. The van der Waals surface area contributed by atoms with E-state index in [1.54, 1.807) is 21.6 Å². The zero-order valence-electron chi connectivity index (χ0n) is 19.2. The highest BCUT2D eigenvalue weighted by atomic mass is 16.4. The Morgan fingerprint density at radius 1 is 1.24 bits per heavy atom. The van der Waals surface area contributed by atoms with Crippen molar-refractivity contribution in [1.82, 2.24) is 24.6 Å². The summed E-state index contributed by atoms with van der Waals surface area (Å²) in [6.45, 7) is 12.2. The molecule has 1 aliphatic heterocycles. The molecule has 0 saturated carbocycles. The van der Waals surface area contributed by atoms with Gasteiger partial charge in [-0.3, -0.25) is 4.79 Å². The van der Waals surface area contributed by atoms with Crippen LogP contribution >= 0.6 is 0 Å². The van der Waals surface area contributed by atoms with Crippen LogP contribution in [0.5, 0.6) is 0 Å². The predicted octanol–water partition coefficient (Wildman–Crippen LogP) is 4.05. The van der Waals surface area contributed by atoms with Gasteiger partial charge in [0.2, 0.25) is 11.8 Å². The van der Waals surface area contributed by atoms with Crippen LogP contribution in [0.2, 0.25) is 0 Å². The van der Waals surface area contributed by atoms with Gasteiger partial charge in [-0.15, -0.1) is 6.58 Å². The Bertz CT molecular complexity index is 1400. The highest BCUT2D eigenvalue weighted by Gasteiger charge is 2.23. The van der Waals surface area contributed by atoms with Crippen LogP contribution in [0, 0.1) is 0 Å². The second kappa shape index (κ2) is 8.04. The van der Waals surface area contributed by atoms with E-state index in [-0.39, 0.29) is 11.0 Å². The lowest BCUT2D eigenvalue weighted by molar-refractivity contribution is 0.386. The standard InChI is InChI=1S/C25H28N6O2/c1-5-12-30-23(32)19-15-27-24(28-18-7-6-17-14-26-11-10-16(17)13-18)29-22(19)31(30)21-9-8-20(33-21)25(2,3)4/h5-9,13,15,26H,1,10-12,14H2,2-4H3,(H,27,28,29). The zero-order chi connectivity index (χ0) is 23.2. The van der Waals surface area contributed by atoms with E-state index in [1.807, 2.05) is 18.2 Å². The van der Waals surface area contributed by atoms with Crippen molar-refractivity contribution in [3.8, 4) is 5.88 Å². The topological polar surface area (TPSA) is 89.9 Å². The average molecular weight is 445 g/mol. The van der Waals surface area contributed by atoms with Gasteiger partial charge in [-0.25, -0.2) is 9.67 Å². The number of aromatic nitrogens is 4. The van der Waals surface area contributed by atoms with Gasteiger partial charge >= 0.3 is 0 Å². The van der Waals surface area contributed by atoms with E-state index in [9.17, 15) is 4.79 Å². The smallest absolute Gasteiger partial charge is 0.278 e. The van der Waals surface area contributed by atoms with E-state index in [0.29, 0.717) is 29.4 Å². The number of nitrogens with zero attached hydrogens (tertiary/aromatic N) is 4. The molecule has 4 heterocycles. The van der Waals surface area contributed by atoms with E-state index in [1.165, 1.54) is 11.1 Å². The molecule has 0 fully saturated rings. The summed E-state index contributed by atoms with van der Waals surface area (Å²) in [4.78, 5) is 22.2. The zero-order valence-corrected chi connectivity index (χ0v) is 19.2. The fourth-order valence-corrected chi connectivity index (χ4v) is 4.13.